The second-order valence-corrected chi connectivity index (χ2v) is 8.91. The van der Waals surface area contributed by atoms with Crippen LogP contribution in [0.5, 0.6) is 5.75 Å². The molecule has 2 aromatic carbocycles. The highest BCUT2D eigenvalue weighted by atomic mass is 16.5. The second-order valence-electron chi connectivity index (χ2n) is 8.91. The molecule has 9 heteroatoms. The summed E-state index contributed by atoms with van der Waals surface area (Å²) in [5.74, 6) is 2.39. The molecule has 3 heterocycles. The van der Waals surface area contributed by atoms with E-state index in [1.807, 2.05) is 73.3 Å². The molecule has 2 aromatic heterocycles. The van der Waals surface area contributed by atoms with Crippen molar-refractivity contribution in [3.05, 3.63) is 83.1 Å². The smallest absolute Gasteiger partial charge is 0.257 e. The van der Waals surface area contributed by atoms with Crippen LogP contribution in [-0.2, 0) is 6.61 Å². The van der Waals surface area contributed by atoms with Crippen molar-refractivity contribution in [2.24, 2.45) is 0 Å². The third-order valence-corrected chi connectivity index (χ3v) is 6.65. The van der Waals surface area contributed by atoms with Crippen LogP contribution in [0.15, 0.2) is 63.6 Å². The average molecular weight is 488 g/mol. The molecule has 1 fully saturated rings. The summed E-state index contributed by atoms with van der Waals surface area (Å²) < 4.78 is 16.8. The van der Waals surface area contributed by atoms with Crippen molar-refractivity contribution in [2.75, 3.05) is 26.2 Å². The van der Waals surface area contributed by atoms with E-state index in [1.54, 1.807) is 0 Å². The minimum Gasteiger partial charge on any atom is -0.488 e. The van der Waals surface area contributed by atoms with E-state index in [2.05, 4.69) is 27.1 Å². The van der Waals surface area contributed by atoms with E-state index in [9.17, 15) is 4.79 Å². The zero-order valence-electron chi connectivity index (χ0n) is 20.7. The summed E-state index contributed by atoms with van der Waals surface area (Å²) in [5, 5.41) is 8.11. The molecule has 0 spiro atoms. The van der Waals surface area contributed by atoms with Crippen LogP contribution in [-0.4, -0.2) is 57.2 Å². The molecule has 0 bridgehead atoms. The first kappa shape index (κ1) is 23.7. The first-order valence-electron chi connectivity index (χ1n) is 12.1. The summed E-state index contributed by atoms with van der Waals surface area (Å²) >= 11 is 0. The predicted octanol–water partition coefficient (Wildman–Crippen LogP) is 4.44. The quantitative estimate of drug-likeness (QED) is 0.377. The van der Waals surface area contributed by atoms with Gasteiger partial charge in [0.25, 0.3) is 5.91 Å². The number of carbonyl (C=O) groups is 1. The number of hydrogen-bond donors (Lipinski definition) is 0. The Balaban J connectivity index is 1.21. The van der Waals surface area contributed by atoms with Crippen molar-refractivity contribution >= 4 is 5.91 Å². The molecular formula is C27H29N5O4. The lowest BCUT2D eigenvalue weighted by Crippen LogP contribution is -2.49. The van der Waals surface area contributed by atoms with Gasteiger partial charge in [0.2, 0.25) is 11.7 Å². The van der Waals surface area contributed by atoms with Crippen LogP contribution >= 0.6 is 0 Å². The molecular weight excluding hydrogens is 458 g/mol. The number of rotatable bonds is 7. The van der Waals surface area contributed by atoms with Gasteiger partial charge in [-0.15, -0.1) is 0 Å². The second kappa shape index (κ2) is 10.3. The molecule has 0 aliphatic carbocycles. The van der Waals surface area contributed by atoms with Gasteiger partial charge in [0, 0.05) is 31.7 Å². The summed E-state index contributed by atoms with van der Waals surface area (Å²) in [4.78, 5) is 22.1. The Morgan fingerprint density at radius 2 is 1.69 bits per heavy atom. The van der Waals surface area contributed by atoms with Gasteiger partial charge in [-0.2, -0.15) is 4.98 Å². The van der Waals surface area contributed by atoms with E-state index in [0.29, 0.717) is 55.8 Å². The van der Waals surface area contributed by atoms with Gasteiger partial charge in [-0.3, -0.25) is 9.69 Å². The minimum atomic E-state index is -0.0436. The van der Waals surface area contributed by atoms with E-state index < -0.39 is 0 Å². The maximum Gasteiger partial charge on any atom is 0.257 e. The Kier molecular flexibility index (Phi) is 6.81. The first-order valence-corrected chi connectivity index (χ1v) is 12.1. The average Bonchev–Trinajstić information content (AvgIpc) is 3.54. The zero-order valence-corrected chi connectivity index (χ0v) is 20.7. The predicted molar refractivity (Wildman–Crippen MR) is 132 cm³/mol. The Bertz CT molecular complexity index is 1310. The molecule has 36 heavy (non-hydrogen) atoms. The van der Waals surface area contributed by atoms with E-state index in [1.165, 1.54) is 0 Å². The van der Waals surface area contributed by atoms with Crippen LogP contribution in [0.1, 0.15) is 46.2 Å². The molecule has 9 nitrogen and oxygen atoms in total. The summed E-state index contributed by atoms with van der Waals surface area (Å²) in [7, 11) is 0. The van der Waals surface area contributed by atoms with Crippen LogP contribution in [0.2, 0.25) is 0 Å². The van der Waals surface area contributed by atoms with Crippen molar-refractivity contribution < 1.29 is 18.6 Å². The molecule has 1 aliphatic rings. The fourth-order valence-electron chi connectivity index (χ4n) is 4.38. The standard InChI is InChI=1S/C27H29N5O4/c1-18-23(20(3)35-29-18)17-34-24-12-8-7-11-22(24)27(33)32-15-13-31(14-16-32)19(2)26-28-25(30-36-26)21-9-5-4-6-10-21/h4-12,19H,13-17H2,1-3H3. The monoisotopic (exact) mass is 487 g/mol. The molecule has 0 N–H and O–H groups in total. The van der Waals surface area contributed by atoms with Gasteiger partial charge >= 0.3 is 0 Å². The third kappa shape index (κ3) is 4.87. The number of nitrogens with zero attached hydrogens (tertiary/aromatic N) is 5. The Labute approximate surface area is 209 Å². The molecule has 0 saturated carbocycles. The van der Waals surface area contributed by atoms with Gasteiger partial charge in [0.1, 0.15) is 18.1 Å². The lowest BCUT2D eigenvalue weighted by atomic mass is 10.1. The van der Waals surface area contributed by atoms with Crippen LogP contribution in [0.3, 0.4) is 0 Å². The van der Waals surface area contributed by atoms with Crippen LogP contribution in [0.25, 0.3) is 11.4 Å². The molecule has 4 aromatic rings. The van der Waals surface area contributed by atoms with Gasteiger partial charge in [0.05, 0.1) is 22.9 Å². The highest BCUT2D eigenvalue weighted by Crippen LogP contribution is 2.26. The molecule has 0 radical (unpaired) electrons. The molecule has 1 saturated heterocycles. The summed E-state index contributed by atoms with van der Waals surface area (Å²) in [6.07, 6.45) is 0. The first-order chi connectivity index (χ1) is 17.5. The minimum absolute atomic E-state index is 0.0409. The van der Waals surface area contributed by atoms with E-state index in [4.69, 9.17) is 13.8 Å². The van der Waals surface area contributed by atoms with Gasteiger partial charge in [-0.1, -0.05) is 52.8 Å². The van der Waals surface area contributed by atoms with Gasteiger partial charge < -0.3 is 18.7 Å². The number of piperazine rings is 1. The van der Waals surface area contributed by atoms with Gasteiger partial charge in [0.15, 0.2) is 0 Å². The maximum absolute atomic E-state index is 13.4. The molecule has 5 rings (SSSR count). The van der Waals surface area contributed by atoms with Crippen LogP contribution in [0, 0.1) is 13.8 Å². The Morgan fingerprint density at radius 3 is 2.42 bits per heavy atom. The van der Waals surface area contributed by atoms with Crippen molar-refractivity contribution in [2.45, 2.75) is 33.4 Å². The molecule has 1 atom stereocenters. The molecule has 1 unspecified atom stereocenters. The van der Waals surface area contributed by atoms with E-state index in [0.717, 1.165) is 22.6 Å². The number of aromatic nitrogens is 3. The number of aryl methyl sites for hydroxylation is 2. The number of amides is 1. The highest BCUT2D eigenvalue weighted by Gasteiger charge is 2.29. The Hall–Kier alpha value is -3.98. The van der Waals surface area contributed by atoms with E-state index >= 15 is 0 Å². The third-order valence-electron chi connectivity index (χ3n) is 6.65. The molecule has 1 aliphatic heterocycles. The van der Waals surface area contributed by atoms with Gasteiger partial charge in [-0.25, -0.2) is 0 Å². The SMILES string of the molecule is Cc1noc(C)c1COc1ccccc1C(=O)N1CCN(C(C)c2nc(-c3ccccc3)no2)CC1. The van der Waals surface area contributed by atoms with Gasteiger partial charge in [-0.05, 0) is 32.9 Å². The van der Waals surface area contributed by atoms with Crippen molar-refractivity contribution in [1.29, 1.82) is 0 Å². The number of carbonyl (C=O) groups excluding carboxylic acids is 1. The fourth-order valence-corrected chi connectivity index (χ4v) is 4.38. The Morgan fingerprint density at radius 1 is 0.972 bits per heavy atom. The van der Waals surface area contributed by atoms with Crippen molar-refractivity contribution in [3.8, 4) is 17.1 Å². The molecule has 186 valence electrons. The number of ether oxygens (including phenoxy) is 1. The number of benzene rings is 2. The maximum atomic E-state index is 13.4. The van der Waals surface area contributed by atoms with Crippen molar-refractivity contribution in [1.82, 2.24) is 25.1 Å². The van der Waals surface area contributed by atoms with Crippen LogP contribution in [0.4, 0.5) is 0 Å². The largest absolute Gasteiger partial charge is 0.488 e. The number of hydrogen-bond acceptors (Lipinski definition) is 8. The summed E-state index contributed by atoms with van der Waals surface area (Å²) in [6, 6.07) is 17.1. The lowest BCUT2D eigenvalue weighted by Gasteiger charge is -2.37. The lowest BCUT2D eigenvalue weighted by molar-refractivity contribution is 0.0547. The molecule has 1 amide bonds. The highest BCUT2D eigenvalue weighted by molar-refractivity contribution is 5.97. The summed E-state index contributed by atoms with van der Waals surface area (Å²) in [6.45, 7) is 8.69. The normalized spacial score (nSPS) is 15.1. The number of para-hydroxylation sites is 1. The zero-order chi connectivity index (χ0) is 25.1. The summed E-state index contributed by atoms with van der Waals surface area (Å²) in [5.41, 5.74) is 3.16. The van der Waals surface area contributed by atoms with Crippen LogP contribution < -0.4 is 4.74 Å². The topological polar surface area (TPSA) is 97.7 Å². The van der Waals surface area contributed by atoms with E-state index in [-0.39, 0.29) is 11.9 Å². The van der Waals surface area contributed by atoms with Crippen molar-refractivity contribution in [3.63, 3.8) is 0 Å². The fraction of sp³-hybridized carbons (Fsp3) is 0.333.